The monoisotopic (exact) mass is 222 g/mol. The normalized spacial score (nSPS) is 26.5. The van der Waals surface area contributed by atoms with E-state index in [0.29, 0.717) is 0 Å². The minimum Gasteiger partial charge on any atom is -0.0696 e. The number of rotatable bonds is 2. The Morgan fingerprint density at radius 3 is 2.47 bits per heavy atom. The van der Waals surface area contributed by atoms with Gasteiger partial charge in [0, 0.05) is 0 Å². The second-order valence-electron chi connectivity index (χ2n) is 5.27. The summed E-state index contributed by atoms with van der Waals surface area (Å²) in [5, 5.41) is 0. The lowest BCUT2D eigenvalue weighted by atomic mass is 9.98. The summed E-state index contributed by atoms with van der Waals surface area (Å²) >= 11 is 0. The van der Waals surface area contributed by atoms with Gasteiger partial charge >= 0.3 is 0 Å². The minimum atomic E-state index is 0.807. The summed E-state index contributed by atoms with van der Waals surface area (Å²) in [5.41, 5.74) is 5.67. The highest BCUT2D eigenvalue weighted by atomic mass is 14.4. The Labute approximate surface area is 103 Å². The summed E-state index contributed by atoms with van der Waals surface area (Å²) in [4.78, 5) is 0. The largest absolute Gasteiger partial charge is 0.0696 e. The molecule has 2 aliphatic carbocycles. The van der Waals surface area contributed by atoms with Crippen molar-refractivity contribution in [2.45, 2.75) is 20.3 Å². The lowest BCUT2D eigenvalue weighted by Crippen LogP contribution is -1.92. The lowest BCUT2D eigenvalue weighted by Gasteiger charge is -2.07. The van der Waals surface area contributed by atoms with Gasteiger partial charge in [-0.1, -0.05) is 59.7 Å². The van der Waals surface area contributed by atoms with Gasteiger partial charge in [-0.05, 0) is 43.2 Å². The quantitative estimate of drug-likeness (QED) is 0.689. The maximum Gasteiger partial charge on any atom is -0.00902 e. The van der Waals surface area contributed by atoms with E-state index < -0.39 is 0 Å². The number of hydrogen-bond donors (Lipinski definition) is 0. The fourth-order valence-electron chi connectivity index (χ4n) is 2.59. The van der Waals surface area contributed by atoms with Gasteiger partial charge in [0.15, 0.2) is 0 Å². The molecule has 0 bridgehead atoms. The predicted octanol–water partition coefficient (Wildman–Crippen LogP) is 4.53. The van der Waals surface area contributed by atoms with Crippen LogP contribution in [0.3, 0.4) is 0 Å². The zero-order chi connectivity index (χ0) is 11.8. The number of allylic oxidation sites excluding steroid dienone is 5. The number of fused-ring (bicyclic) bond motifs is 1. The third-order valence-electron chi connectivity index (χ3n) is 3.89. The van der Waals surface area contributed by atoms with Gasteiger partial charge in [0.2, 0.25) is 0 Å². The molecular formula is C17H18. The molecule has 0 spiro atoms. The molecule has 2 atom stereocenters. The molecule has 1 aromatic rings. The van der Waals surface area contributed by atoms with Crippen LogP contribution in [0.4, 0.5) is 0 Å². The fraction of sp³-hybridized carbons (Fsp3) is 0.294. The molecule has 0 aliphatic heterocycles. The van der Waals surface area contributed by atoms with Crippen LogP contribution in [0.2, 0.25) is 0 Å². The van der Waals surface area contributed by atoms with E-state index in [2.05, 4.69) is 62.4 Å². The predicted molar refractivity (Wildman–Crippen MR) is 73.7 cm³/mol. The molecule has 1 saturated carbocycles. The van der Waals surface area contributed by atoms with Crippen molar-refractivity contribution in [2.75, 3.05) is 0 Å². The maximum absolute atomic E-state index is 2.29. The lowest BCUT2D eigenvalue weighted by molar-refractivity contribution is 0.881. The Hall–Kier alpha value is -1.56. The summed E-state index contributed by atoms with van der Waals surface area (Å²) in [6.07, 6.45) is 10.4. The Bertz CT molecular complexity index is 511. The third-order valence-corrected chi connectivity index (χ3v) is 3.89. The van der Waals surface area contributed by atoms with Gasteiger partial charge in [-0.25, -0.2) is 0 Å². The molecule has 17 heavy (non-hydrogen) atoms. The zero-order valence-electron chi connectivity index (χ0n) is 10.5. The Morgan fingerprint density at radius 2 is 1.71 bits per heavy atom. The van der Waals surface area contributed by atoms with Gasteiger partial charge in [-0.3, -0.25) is 0 Å². The first-order chi connectivity index (χ1) is 8.24. The van der Waals surface area contributed by atoms with E-state index in [1.165, 1.54) is 23.1 Å². The molecule has 0 heterocycles. The van der Waals surface area contributed by atoms with Crippen LogP contribution >= 0.6 is 0 Å². The number of hydrogen-bond acceptors (Lipinski definition) is 0. The highest BCUT2D eigenvalue weighted by Crippen LogP contribution is 2.51. The molecule has 0 amide bonds. The van der Waals surface area contributed by atoms with E-state index in [1.54, 1.807) is 5.57 Å². The van der Waals surface area contributed by atoms with Crippen molar-refractivity contribution in [1.29, 1.82) is 0 Å². The van der Waals surface area contributed by atoms with E-state index in [-0.39, 0.29) is 0 Å². The standard InChI is InChI=1S/C17H18/c1-12-3-6-14(7-4-12)8-10-15-9-5-13(2)16-11-17(15)16/h3-10,16-17H,11H2,1-2H3/b10-8+. The second-order valence-corrected chi connectivity index (χ2v) is 5.27. The minimum absolute atomic E-state index is 0.807. The van der Waals surface area contributed by atoms with Gasteiger partial charge < -0.3 is 0 Å². The van der Waals surface area contributed by atoms with Crippen molar-refractivity contribution in [3.8, 4) is 0 Å². The van der Waals surface area contributed by atoms with Gasteiger partial charge in [-0.15, -0.1) is 0 Å². The highest BCUT2D eigenvalue weighted by Gasteiger charge is 2.41. The fourth-order valence-corrected chi connectivity index (χ4v) is 2.59. The van der Waals surface area contributed by atoms with Crippen LogP contribution in [0.1, 0.15) is 24.5 Å². The highest BCUT2D eigenvalue weighted by molar-refractivity contribution is 5.55. The van der Waals surface area contributed by atoms with Gasteiger partial charge in [0.1, 0.15) is 0 Å². The zero-order valence-corrected chi connectivity index (χ0v) is 10.5. The van der Waals surface area contributed by atoms with Gasteiger partial charge in [0.05, 0.1) is 0 Å². The molecule has 1 aromatic carbocycles. The summed E-state index contributed by atoms with van der Waals surface area (Å²) in [6, 6.07) is 8.69. The molecule has 0 heteroatoms. The molecule has 0 saturated heterocycles. The molecule has 0 aromatic heterocycles. The summed E-state index contributed by atoms with van der Waals surface area (Å²) in [6.45, 7) is 4.38. The van der Waals surface area contributed by atoms with Crippen molar-refractivity contribution in [3.05, 3.63) is 64.8 Å². The van der Waals surface area contributed by atoms with Crippen molar-refractivity contribution in [2.24, 2.45) is 11.8 Å². The molecular weight excluding hydrogens is 204 g/mol. The Kier molecular flexibility index (Phi) is 2.51. The van der Waals surface area contributed by atoms with Gasteiger partial charge in [-0.2, -0.15) is 0 Å². The molecule has 3 rings (SSSR count). The van der Waals surface area contributed by atoms with Crippen molar-refractivity contribution < 1.29 is 0 Å². The van der Waals surface area contributed by atoms with Crippen LogP contribution < -0.4 is 0 Å². The molecule has 1 fully saturated rings. The first-order valence-corrected chi connectivity index (χ1v) is 6.37. The smallest absolute Gasteiger partial charge is 0.00902 e. The van der Waals surface area contributed by atoms with E-state index in [9.17, 15) is 0 Å². The van der Waals surface area contributed by atoms with Crippen LogP contribution in [0, 0.1) is 18.8 Å². The van der Waals surface area contributed by atoms with E-state index in [0.717, 1.165) is 11.8 Å². The van der Waals surface area contributed by atoms with E-state index in [1.807, 2.05) is 0 Å². The van der Waals surface area contributed by atoms with Crippen LogP contribution in [-0.2, 0) is 0 Å². The second kappa shape index (κ2) is 4.03. The molecule has 0 N–H and O–H groups in total. The van der Waals surface area contributed by atoms with Crippen LogP contribution in [-0.4, -0.2) is 0 Å². The van der Waals surface area contributed by atoms with Crippen LogP contribution in [0.15, 0.2) is 53.6 Å². The summed E-state index contributed by atoms with van der Waals surface area (Å²) in [7, 11) is 0. The van der Waals surface area contributed by atoms with E-state index >= 15 is 0 Å². The Morgan fingerprint density at radius 1 is 0.941 bits per heavy atom. The van der Waals surface area contributed by atoms with Gasteiger partial charge in [0.25, 0.3) is 0 Å². The van der Waals surface area contributed by atoms with Crippen molar-refractivity contribution in [1.82, 2.24) is 0 Å². The summed E-state index contributed by atoms with van der Waals surface area (Å²) in [5.74, 6) is 1.65. The van der Waals surface area contributed by atoms with Crippen molar-refractivity contribution >= 4 is 6.08 Å². The molecule has 0 nitrogen and oxygen atoms in total. The van der Waals surface area contributed by atoms with Crippen molar-refractivity contribution in [3.63, 3.8) is 0 Å². The molecule has 86 valence electrons. The average Bonchev–Trinajstić information content (AvgIpc) is 3.11. The van der Waals surface area contributed by atoms with Crippen LogP contribution in [0.25, 0.3) is 6.08 Å². The topological polar surface area (TPSA) is 0 Å². The number of benzene rings is 1. The molecule has 0 radical (unpaired) electrons. The SMILES string of the molecule is CC1=CC=C(/C=C/c2ccc(C)cc2)C2CC12. The van der Waals surface area contributed by atoms with E-state index in [4.69, 9.17) is 0 Å². The maximum atomic E-state index is 2.29. The average molecular weight is 222 g/mol. The third kappa shape index (κ3) is 2.12. The molecule has 2 unspecified atom stereocenters. The molecule has 2 aliphatic rings. The van der Waals surface area contributed by atoms with Crippen LogP contribution in [0.5, 0.6) is 0 Å². The Balaban J connectivity index is 1.77. The summed E-state index contributed by atoms with van der Waals surface area (Å²) < 4.78 is 0. The number of aryl methyl sites for hydroxylation is 1. The first kappa shape index (κ1) is 10.6. The first-order valence-electron chi connectivity index (χ1n) is 6.37.